The van der Waals surface area contributed by atoms with Crippen LogP contribution in [0.4, 0.5) is 5.69 Å². The highest BCUT2D eigenvalue weighted by molar-refractivity contribution is 6.30. The van der Waals surface area contributed by atoms with Crippen LogP contribution >= 0.6 is 11.6 Å². The molecule has 0 radical (unpaired) electrons. The Morgan fingerprint density at radius 3 is 2.90 bits per heavy atom. The maximum atomic E-state index is 6.17. The number of pyridine rings is 1. The SMILES string of the molecule is Clc1ccc2c(c1)[C@H]1OCCC[C@H]1[C@H](c1ccncc1)N2. The summed E-state index contributed by atoms with van der Waals surface area (Å²) >= 11 is 6.17. The molecule has 1 aromatic heterocycles. The molecule has 21 heavy (non-hydrogen) atoms. The van der Waals surface area contributed by atoms with Gasteiger partial charge in [0.25, 0.3) is 0 Å². The second-order valence-electron chi connectivity index (χ2n) is 5.73. The average Bonchev–Trinajstić information content (AvgIpc) is 2.55. The summed E-state index contributed by atoms with van der Waals surface area (Å²) < 4.78 is 6.10. The first-order valence-electron chi connectivity index (χ1n) is 7.40. The predicted molar refractivity (Wildman–Crippen MR) is 83.5 cm³/mol. The summed E-state index contributed by atoms with van der Waals surface area (Å²) in [5, 5.41) is 4.44. The van der Waals surface area contributed by atoms with E-state index in [1.165, 1.54) is 11.1 Å². The molecule has 0 unspecified atom stereocenters. The molecule has 0 aliphatic carbocycles. The third kappa shape index (κ3) is 2.30. The van der Waals surface area contributed by atoms with Gasteiger partial charge in [0.05, 0.1) is 12.1 Å². The number of nitrogens with one attached hydrogen (secondary N) is 1. The van der Waals surface area contributed by atoms with E-state index in [0.717, 1.165) is 30.2 Å². The van der Waals surface area contributed by atoms with Gasteiger partial charge in [0, 0.05) is 41.2 Å². The fourth-order valence-corrected chi connectivity index (χ4v) is 3.72. The van der Waals surface area contributed by atoms with Crippen LogP contribution in [-0.4, -0.2) is 11.6 Å². The first-order valence-corrected chi connectivity index (χ1v) is 7.78. The van der Waals surface area contributed by atoms with Crippen LogP contribution in [0.1, 0.15) is 36.1 Å². The zero-order valence-electron chi connectivity index (χ0n) is 11.6. The Balaban J connectivity index is 1.79. The van der Waals surface area contributed by atoms with Gasteiger partial charge in [-0.1, -0.05) is 11.6 Å². The molecule has 108 valence electrons. The lowest BCUT2D eigenvalue weighted by Gasteiger charge is -2.43. The van der Waals surface area contributed by atoms with E-state index in [0.29, 0.717) is 5.92 Å². The molecule has 1 N–H and O–H groups in total. The van der Waals surface area contributed by atoms with Crippen LogP contribution < -0.4 is 5.32 Å². The first kappa shape index (κ1) is 13.1. The third-order valence-electron chi connectivity index (χ3n) is 4.49. The van der Waals surface area contributed by atoms with Crippen LogP contribution in [-0.2, 0) is 4.74 Å². The Morgan fingerprint density at radius 1 is 1.19 bits per heavy atom. The molecule has 1 aromatic carbocycles. The fourth-order valence-electron chi connectivity index (χ4n) is 3.54. The van der Waals surface area contributed by atoms with E-state index in [2.05, 4.69) is 28.5 Å². The summed E-state index contributed by atoms with van der Waals surface area (Å²) in [5.41, 5.74) is 3.59. The van der Waals surface area contributed by atoms with Crippen molar-refractivity contribution in [3.63, 3.8) is 0 Å². The van der Waals surface area contributed by atoms with Gasteiger partial charge in [-0.3, -0.25) is 4.98 Å². The highest BCUT2D eigenvalue weighted by atomic mass is 35.5. The lowest BCUT2D eigenvalue weighted by atomic mass is 9.78. The molecule has 3 nitrogen and oxygen atoms in total. The van der Waals surface area contributed by atoms with Crippen LogP contribution in [0.5, 0.6) is 0 Å². The molecule has 1 fully saturated rings. The molecule has 3 heterocycles. The fraction of sp³-hybridized carbons (Fsp3) is 0.353. The number of benzene rings is 1. The van der Waals surface area contributed by atoms with E-state index in [9.17, 15) is 0 Å². The Hall–Kier alpha value is -1.58. The number of aromatic nitrogens is 1. The van der Waals surface area contributed by atoms with E-state index in [1.807, 2.05) is 24.5 Å². The van der Waals surface area contributed by atoms with Crippen molar-refractivity contribution in [2.24, 2.45) is 5.92 Å². The monoisotopic (exact) mass is 300 g/mol. The van der Waals surface area contributed by atoms with Gasteiger partial charge in [0.1, 0.15) is 0 Å². The maximum absolute atomic E-state index is 6.17. The average molecular weight is 301 g/mol. The Labute approximate surface area is 129 Å². The molecule has 0 amide bonds. The topological polar surface area (TPSA) is 34.1 Å². The largest absolute Gasteiger partial charge is 0.378 e. The minimum Gasteiger partial charge on any atom is -0.378 e. The smallest absolute Gasteiger partial charge is 0.0896 e. The number of anilines is 1. The lowest BCUT2D eigenvalue weighted by Crippen LogP contribution is -2.35. The summed E-state index contributed by atoms with van der Waals surface area (Å²) in [4.78, 5) is 4.12. The number of nitrogens with zero attached hydrogens (tertiary/aromatic N) is 1. The van der Waals surface area contributed by atoms with Crippen molar-refractivity contribution in [2.45, 2.75) is 25.0 Å². The Kier molecular flexibility index (Phi) is 3.32. The van der Waals surface area contributed by atoms with Gasteiger partial charge in [-0.05, 0) is 48.7 Å². The molecule has 4 rings (SSSR count). The molecule has 0 bridgehead atoms. The van der Waals surface area contributed by atoms with Gasteiger partial charge in [0.15, 0.2) is 0 Å². The van der Waals surface area contributed by atoms with Gasteiger partial charge in [-0.15, -0.1) is 0 Å². The summed E-state index contributed by atoms with van der Waals surface area (Å²) in [6.45, 7) is 0.830. The molecule has 2 aliphatic heterocycles. The van der Waals surface area contributed by atoms with Gasteiger partial charge >= 0.3 is 0 Å². The summed E-state index contributed by atoms with van der Waals surface area (Å²) in [6.07, 6.45) is 6.11. The van der Waals surface area contributed by atoms with Crippen LogP contribution in [0.3, 0.4) is 0 Å². The van der Waals surface area contributed by atoms with E-state index in [1.54, 1.807) is 0 Å². The highest BCUT2D eigenvalue weighted by Gasteiger charge is 2.39. The zero-order valence-corrected chi connectivity index (χ0v) is 12.4. The van der Waals surface area contributed by atoms with Crippen molar-refractivity contribution in [3.8, 4) is 0 Å². The number of ether oxygens (including phenoxy) is 1. The number of hydrogen-bond donors (Lipinski definition) is 1. The van der Waals surface area contributed by atoms with E-state index in [-0.39, 0.29) is 12.1 Å². The molecule has 3 atom stereocenters. The van der Waals surface area contributed by atoms with Crippen LogP contribution in [0.15, 0.2) is 42.7 Å². The van der Waals surface area contributed by atoms with E-state index >= 15 is 0 Å². The minimum atomic E-state index is 0.131. The van der Waals surface area contributed by atoms with Gasteiger partial charge < -0.3 is 10.1 Å². The molecule has 0 spiro atoms. The van der Waals surface area contributed by atoms with Crippen molar-refractivity contribution >= 4 is 17.3 Å². The number of rotatable bonds is 1. The van der Waals surface area contributed by atoms with Gasteiger partial charge in [-0.2, -0.15) is 0 Å². The van der Waals surface area contributed by atoms with E-state index < -0.39 is 0 Å². The van der Waals surface area contributed by atoms with Crippen molar-refractivity contribution in [1.29, 1.82) is 0 Å². The molecule has 2 aromatic rings. The second kappa shape index (κ2) is 5.32. The molecule has 2 aliphatic rings. The summed E-state index contributed by atoms with van der Waals surface area (Å²) in [6, 6.07) is 10.5. The van der Waals surface area contributed by atoms with Crippen LogP contribution in [0.25, 0.3) is 0 Å². The van der Waals surface area contributed by atoms with Crippen LogP contribution in [0.2, 0.25) is 5.02 Å². The second-order valence-corrected chi connectivity index (χ2v) is 6.17. The Morgan fingerprint density at radius 2 is 2.05 bits per heavy atom. The van der Waals surface area contributed by atoms with Gasteiger partial charge in [-0.25, -0.2) is 0 Å². The van der Waals surface area contributed by atoms with Crippen molar-refractivity contribution in [2.75, 3.05) is 11.9 Å². The predicted octanol–water partition coefficient (Wildman–Crippen LogP) is 4.37. The van der Waals surface area contributed by atoms with Crippen molar-refractivity contribution < 1.29 is 4.74 Å². The van der Waals surface area contributed by atoms with Crippen molar-refractivity contribution in [3.05, 3.63) is 58.9 Å². The standard InChI is InChI=1S/C17H17ClN2O/c18-12-3-4-15-14(10-12)17-13(2-1-9-21-17)16(20-15)11-5-7-19-8-6-11/h3-8,10,13,16-17,20H,1-2,9H2/t13-,16-,17-/m0/s1. The molecule has 4 heteroatoms. The summed E-state index contributed by atoms with van der Waals surface area (Å²) in [7, 11) is 0. The highest BCUT2D eigenvalue weighted by Crippen LogP contribution is 2.49. The maximum Gasteiger partial charge on any atom is 0.0896 e. The molecular formula is C17H17ClN2O. The molecule has 0 saturated carbocycles. The molecule has 1 saturated heterocycles. The number of halogens is 1. The third-order valence-corrected chi connectivity index (χ3v) is 4.73. The Bertz CT molecular complexity index is 646. The molecular weight excluding hydrogens is 284 g/mol. The minimum absolute atomic E-state index is 0.131. The number of hydrogen-bond acceptors (Lipinski definition) is 3. The first-order chi connectivity index (χ1) is 10.3. The number of fused-ring (bicyclic) bond motifs is 3. The van der Waals surface area contributed by atoms with Crippen molar-refractivity contribution in [1.82, 2.24) is 4.98 Å². The lowest BCUT2D eigenvalue weighted by molar-refractivity contribution is -0.0381. The quantitative estimate of drug-likeness (QED) is 0.849. The van der Waals surface area contributed by atoms with E-state index in [4.69, 9.17) is 16.3 Å². The van der Waals surface area contributed by atoms with Crippen LogP contribution in [0, 0.1) is 5.92 Å². The zero-order chi connectivity index (χ0) is 14.2. The van der Waals surface area contributed by atoms with Gasteiger partial charge in [0.2, 0.25) is 0 Å². The normalized spacial score (nSPS) is 27.4. The summed E-state index contributed by atoms with van der Waals surface area (Å²) in [5.74, 6) is 0.437.